The molecule has 0 saturated carbocycles. The number of nitrogens with zero attached hydrogens (tertiary/aromatic N) is 1. The molecule has 4 rings (SSSR count). The largest absolute Gasteiger partial charge is 0.307 e. The molecular weight excluding hydrogens is 380 g/mol. The summed E-state index contributed by atoms with van der Waals surface area (Å²) in [5, 5.41) is 0. The summed E-state index contributed by atoms with van der Waals surface area (Å²) in [6.07, 6.45) is 0. The normalized spacial score (nSPS) is 11.6. The summed E-state index contributed by atoms with van der Waals surface area (Å²) in [5.41, 5.74) is 2.94. The zero-order valence-corrected chi connectivity index (χ0v) is 16.0. The van der Waals surface area contributed by atoms with E-state index >= 15 is 0 Å². The number of anilines is 1. The van der Waals surface area contributed by atoms with Gasteiger partial charge in [0.25, 0.3) is 10.0 Å². The molecule has 0 amide bonds. The standard InChI is InChI=1S/C20H16N2O3S2/c1-22-18-12-11-15(13-19(18)26-20(22)23)27(24,25)21-17-10-6-5-9-16(17)14-7-3-2-4-8-14/h2-13,21H,1H3. The van der Waals surface area contributed by atoms with Gasteiger partial charge in [-0.1, -0.05) is 59.9 Å². The Balaban J connectivity index is 1.76. The molecule has 0 atom stereocenters. The Bertz CT molecular complexity index is 1290. The number of hydrogen-bond acceptors (Lipinski definition) is 4. The number of fused-ring (bicyclic) bond motifs is 1. The summed E-state index contributed by atoms with van der Waals surface area (Å²) in [5.74, 6) is 0. The average molecular weight is 396 g/mol. The Morgan fingerprint density at radius 1 is 0.926 bits per heavy atom. The molecular formula is C20H16N2O3S2. The third-order valence-electron chi connectivity index (χ3n) is 4.33. The number of benzene rings is 3. The molecule has 0 unspecified atom stereocenters. The molecule has 0 fully saturated rings. The number of aromatic nitrogens is 1. The Kier molecular flexibility index (Phi) is 4.33. The second kappa shape index (κ2) is 6.68. The van der Waals surface area contributed by atoms with Gasteiger partial charge in [-0.05, 0) is 29.8 Å². The summed E-state index contributed by atoms with van der Waals surface area (Å²) in [7, 11) is -2.12. The maximum absolute atomic E-state index is 12.9. The van der Waals surface area contributed by atoms with Crippen molar-refractivity contribution in [1.29, 1.82) is 0 Å². The number of aryl methyl sites for hydroxylation is 1. The third kappa shape index (κ3) is 3.27. The van der Waals surface area contributed by atoms with E-state index in [1.165, 1.54) is 16.7 Å². The molecule has 0 aliphatic carbocycles. The van der Waals surface area contributed by atoms with Crippen molar-refractivity contribution in [3.05, 3.63) is 82.5 Å². The van der Waals surface area contributed by atoms with Crippen LogP contribution in [0, 0.1) is 0 Å². The Morgan fingerprint density at radius 2 is 1.63 bits per heavy atom. The number of nitrogens with one attached hydrogen (secondary N) is 1. The lowest BCUT2D eigenvalue weighted by Gasteiger charge is -2.13. The molecule has 0 aliphatic heterocycles. The Hall–Kier alpha value is -2.90. The van der Waals surface area contributed by atoms with Crippen LogP contribution < -0.4 is 9.60 Å². The highest BCUT2D eigenvalue weighted by Gasteiger charge is 2.18. The van der Waals surface area contributed by atoms with Gasteiger partial charge in [-0.2, -0.15) is 0 Å². The van der Waals surface area contributed by atoms with Gasteiger partial charge in [0.1, 0.15) is 0 Å². The smallest absolute Gasteiger partial charge is 0.302 e. The first-order valence-corrected chi connectivity index (χ1v) is 10.5. The van der Waals surface area contributed by atoms with Crippen LogP contribution in [-0.2, 0) is 17.1 Å². The fourth-order valence-electron chi connectivity index (χ4n) is 2.93. The van der Waals surface area contributed by atoms with Gasteiger partial charge < -0.3 is 4.57 Å². The van der Waals surface area contributed by atoms with Gasteiger partial charge in [0.15, 0.2) is 0 Å². The molecule has 0 spiro atoms. The molecule has 7 heteroatoms. The van der Waals surface area contributed by atoms with E-state index in [0.29, 0.717) is 15.9 Å². The van der Waals surface area contributed by atoms with Gasteiger partial charge in [0.2, 0.25) is 0 Å². The van der Waals surface area contributed by atoms with E-state index in [1.54, 1.807) is 25.2 Å². The molecule has 4 aromatic rings. The lowest BCUT2D eigenvalue weighted by atomic mass is 10.0. The lowest BCUT2D eigenvalue weighted by molar-refractivity contribution is 0.601. The summed E-state index contributed by atoms with van der Waals surface area (Å²) >= 11 is 1.03. The average Bonchev–Trinajstić information content (AvgIpc) is 2.96. The molecule has 27 heavy (non-hydrogen) atoms. The number of sulfonamides is 1. The fourth-order valence-corrected chi connectivity index (χ4v) is 5.03. The van der Waals surface area contributed by atoms with Crippen molar-refractivity contribution in [3.8, 4) is 11.1 Å². The molecule has 0 bridgehead atoms. The van der Waals surface area contributed by atoms with Crippen LogP contribution in [0.5, 0.6) is 0 Å². The van der Waals surface area contributed by atoms with E-state index in [-0.39, 0.29) is 9.77 Å². The fraction of sp³-hybridized carbons (Fsp3) is 0.0500. The van der Waals surface area contributed by atoms with Gasteiger partial charge >= 0.3 is 4.87 Å². The van der Waals surface area contributed by atoms with E-state index in [2.05, 4.69) is 4.72 Å². The molecule has 0 saturated heterocycles. The van der Waals surface area contributed by atoms with Crippen molar-refractivity contribution in [1.82, 2.24) is 4.57 Å². The van der Waals surface area contributed by atoms with Crippen molar-refractivity contribution < 1.29 is 8.42 Å². The Labute approximate surface area is 160 Å². The van der Waals surface area contributed by atoms with Crippen molar-refractivity contribution in [3.63, 3.8) is 0 Å². The van der Waals surface area contributed by atoms with E-state index in [0.717, 1.165) is 22.5 Å². The minimum Gasteiger partial charge on any atom is -0.302 e. The summed E-state index contributed by atoms with van der Waals surface area (Å²) in [6.45, 7) is 0. The first-order chi connectivity index (χ1) is 13.0. The van der Waals surface area contributed by atoms with E-state index in [9.17, 15) is 13.2 Å². The summed E-state index contributed by atoms with van der Waals surface area (Å²) < 4.78 is 30.7. The molecule has 3 aromatic carbocycles. The van der Waals surface area contributed by atoms with Crippen LogP contribution in [0.4, 0.5) is 5.69 Å². The SMILES string of the molecule is Cn1c(=O)sc2cc(S(=O)(=O)Nc3ccccc3-c3ccccc3)ccc21. The highest BCUT2D eigenvalue weighted by Crippen LogP contribution is 2.30. The Morgan fingerprint density at radius 3 is 2.41 bits per heavy atom. The van der Waals surface area contributed by atoms with Crippen molar-refractivity contribution in [2.24, 2.45) is 7.05 Å². The summed E-state index contributed by atoms with van der Waals surface area (Å²) in [4.78, 5) is 11.8. The molecule has 136 valence electrons. The van der Waals surface area contributed by atoms with Crippen LogP contribution in [0.15, 0.2) is 82.5 Å². The van der Waals surface area contributed by atoms with Gasteiger partial charge in [0.05, 0.1) is 20.8 Å². The monoisotopic (exact) mass is 396 g/mol. The number of para-hydroxylation sites is 1. The van der Waals surface area contributed by atoms with E-state index < -0.39 is 10.0 Å². The topological polar surface area (TPSA) is 68.2 Å². The predicted octanol–water partition coefficient (Wildman–Crippen LogP) is 4.07. The lowest BCUT2D eigenvalue weighted by Crippen LogP contribution is -2.13. The van der Waals surface area contributed by atoms with Crippen LogP contribution in [-0.4, -0.2) is 13.0 Å². The van der Waals surface area contributed by atoms with Crippen LogP contribution in [0.2, 0.25) is 0 Å². The van der Waals surface area contributed by atoms with Crippen molar-refractivity contribution in [2.45, 2.75) is 4.90 Å². The predicted molar refractivity (Wildman–Crippen MR) is 110 cm³/mol. The molecule has 5 nitrogen and oxygen atoms in total. The van der Waals surface area contributed by atoms with Crippen LogP contribution in [0.1, 0.15) is 0 Å². The molecule has 1 aromatic heterocycles. The number of thiazole rings is 1. The first-order valence-electron chi connectivity index (χ1n) is 8.22. The van der Waals surface area contributed by atoms with Crippen molar-refractivity contribution >= 4 is 37.3 Å². The minimum atomic E-state index is -3.79. The quantitative estimate of drug-likeness (QED) is 0.565. The first kappa shape index (κ1) is 17.5. The van der Waals surface area contributed by atoms with Gasteiger partial charge in [0, 0.05) is 12.6 Å². The second-order valence-corrected chi connectivity index (χ2v) is 8.75. The number of hydrogen-bond donors (Lipinski definition) is 1. The van der Waals surface area contributed by atoms with E-state index in [1.807, 2.05) is 42.5 Å². The van der Waals surface area contributed by atoms with Crippen LogP contribution in [0.3, 0.4) is 0 Å². The maximum atomic E-state index is 12.9. The highest BCUT2D eigenvalue weighted by atomic mass is 32.2. The minimum absolute atomic E-state index is 0.123. The third-order valence-corrected chi connectivity index (χ3v) is 6.69. The zero-order chi connectivity index (χ0) is 19.0. The van der Waals surface area contributed by atoms with Gasteiger partial charge in [-0.25, -0.2) is 8.42 Å². The summed E-state index contributed by atoms with van der Waals surface area (Å²) in [6, 6.07) is 21.6. The second-order valence-electron chi connectivity index (χ2n) is 6.07. The van der Waals surface area contributed by atoms with E-state index in [4.69, 9.17) is 0 Å². The van der Waals surface area contributed by atoms with Crippen LogP contribution in [0.25, 0.3) is 21.3 Å². The molecule has 0 aliphatic rings. The number of rotatable bonds is 4. The van der Waals surface area contributed by atoms with Crippen molar-refractivity contribution in [2.75, 3.05) is 4.72 Å². The van der Waals surface area contributed by atoms with Crippen LogP contribution >= 0.6 is 11.3 Å². The molecule has 1 N–H and O–H groups in total. The highest BCUT2D eigenvalue weighted by molar-refractivity contribution is 7.92. The zero-order valence-electron chi connectivity index (χ0n) is 14.4. The molecule has 1 heterocycles. The van der Waals surface area contributed by atoms with Gasteiger partial charge in [-0.3, -0.25) is 9.52 Å². The molecule has 0 radical (unpaired) electrons. The maximum Gasteiger partial charge on any atom is 0.307 e. The van der Waals surface area contributed by atoms with Gasteiger partial charge in [-0.15, -0.1) is 0 Å².